The molecule has 0 radical (unpaired) electrons. The van der Waals surface area contributed by atoms with Crippen LogP contribution in [0.5, 0.6) is 0 Å². The summed E-state index contributed by atoms with van der Waals surface area (Å²) < 4.78 is 1.12. The maximum atomic E-state index is 5.88. The highest BCUT2D eigenvalue weighted by atomic mass is 79.9. The number of nitrogens with two attached hydrogens (primary N) is 1. The molecule has 0 aromatic heterocycles. The van der Waals surface area contributed by atoms with Gasteiger partial charge in [-0.2, -0.15) is 0 Å². The molecule has 1 atom stereocenters. The number of allylic oxidation sites excluding steroid dienone is 1. The Hall–Kier alpha value is -0.600. The number of halogens is 1. The van der Waals surface area contributed by atoms with E-state index in [1.165, 1.54) is 16.7 Å². The van der Waals surface area contributed by atoms with Crippen molar-refractivity contribution in [1.82, 2.24) is 0 Å². The number of fused-ring (bicyclic) bond motifs is 1. The number of benzene rings is 1. The molecule has 2 rings (SSSR count). The zero-order valence-electron chi connectivity index (χ0n) is 7.55. The van der Waals surface area contributed by atoms with Crippen LogP contribution < -0.4 is 5.73 Å². The Bertz CT molecular complexity index is 366. The molecule has 1 aromatic rings. The van der Waals surface area contributed by atoms with Gasteiger partial charge in [-0.3, -0.25) is 0 Å². The molecule has 0 heterocycles. The summed E-state index contributed by atoms with van der Waals surface area (Å²) in [7, 11) is 0. The molecule has 0 fully saturated rings. The van der Waals surface area contributed by atoms with Crippen LogP contribution in [0, 0.1) is 0 Å². The van der Waals surface area contributed by atoms with Crippen molar-refractivity contribution in [3.05, 3.63) is 39.9 Å². The first-order chi connectivity index (χ1) is 6.18. The topological polar surface area (TPSA) is 26.0 Å². The van der Waals surface area contributed by atoms with Crippen LogP contribution in [0.1, 0.15) is 18.1 Å². The molecule has 1 nitrogen and oxygen atoms in total. The van der Waals surface area contributed by atoms with E-state index < -0.39 is 0 Å². The van der Waals surface area contributed by atoms with Crippen LogP contribution in [0.2, 0.25) is 0 Å². The van der Waals surface area contributed by atoms with Crippen molar-refractivity contribution in [2.45, 2.75) is 19.4 Å². The minimum Gasteiger partial charge on any atom is -0.324 e. The SMILES string of the molecule is CC(N)C1=CCc2ccc(Br)cc21. The van der Waals surface area contributed by atoms with Crippen molar-refractivity contribution >= 4 is 21.5 Å². The molecule has 1 aliphatic carbocycles. The quantitative estimate of drug-likeness (QED) is 0.799. The van der Waals surface area contributed by atoms with Crippen molar-refractivity contribution in [1.29, 1.82) is 0 Å². The Morgan fingerprint density at radius 2 is 2.23 bits per heavy atom. The van der Waals surface area contributed by atoms with Crippen LogP contribution in [0.15, 0.2) is 28.7 Å². The van der Waals surface area contributed by atoms with Crippen molar-refractivity contribution in [2.75, 3.05) is 0 Å². The Kier molecular flexibility index (Phi) is 2.26. The van der Waals surface area contributed by atoms with Gasteiger partial charge in [0.2, 0.25) is 0 Å². The van der Waals surface area contributed by atoms with Crippen LogP contribution >= 0.6 is 15.9 Å². The lowest BCUT2D eigenvalue weighted by Gasteiger charge is -2.09. The van der Waals surface area contributed by atoms with Crippen molar-refractivity contribution in [3.8, 4) is 0 Å². The second kappa shape index (κ2) is 3.28. The van der Waals surface area contributed by atoms with Gasteiger partial charge in [-0.25, -0.2) is 0 Å². The summed E-state index contributed by atoms with van der Waals surface area (Å²) in [6.45, 7) is 2.03. The number of rotatable bonds is 1. The summed E-state index contributed by atoms with van der Waals surface area (Å²) in [6, 6.07) is 6.52. The van der Waals surface area contributed by atoms with Crippen LogP contribution in [0.4, 0.5) is 0 Å². The Balaban J connectivity index is 2.48. The molecule has 68 valence electrons. The van der Waals surface area contributed by atoms with E-state index in [1.54, 1.807) is 0 Å². The lowest BCUT2D eigenvalue weighted by molar-refractivity contribution is 0.948. The van der Waals surface area contributed by atoms with Crippen molar-refractivity contribution in [3.63, 3.8) is 0 Å². The molecule has 2 heteroatoms. The van der Waals surface area contributed by atoms with Gasteiger partial charge in [0.25, 0.3) is 0 Å². The van der Waals surface area contributed by atoms with Gasteiger partial charge in [-0.15, -0.1) is 0 Å². The van der Waals surface area contributed by atoms with Gasteiger partial charge < -0.3 is 5.73 Å². The smallest absolute Gasteiger partial charge is 0.0269 e. The highest BCUT2D eigenvalue weighted by Crippen LogP contribution is 2.31. The average Bonchev–Trinajstić information content (AvgIpc) is 2.46. The van der Waals surface area contributed by atoms with Crippen LogP contribution in [-0.4, -0.2) is 6.04 Å². The van der Waals surface area contributed by atoms with E-state index >= 15 is 0 Å². The van der Waals surface area contributed by atoms with E-state index in [1.807, 2.05) is 6.92 Å². The first-order valence-corrected chi connectivity index (χ1v) is 5.22. The lowest BCUT2D eigenvalue weighted by Crippen LogP contribution is -2.15. The van der Waals surface area contributed by atoms with Crippen molar-refractivity contribution < 1.29 is 0 Å². The van der Waals surface area contributed by atoms with E-state index in [4.69, 9.17) is 5.73 Å². The molecule has 0 amide bonds. The van der Waals surface area contributed by atoms with E-state index in [2.05, 4.69) is 40.2 Å². The van der Waals surface area contributed by atoms with E-state index in [-0.39, 0.29) is 6.04 Å². The monoisotopic (exact) mass is 237 g/mol. The molecule has 0 saturated heterocycles. The predicted octanol–water partition coefficient (Wildman–Crippen LogP) is 2.74. The minimum absolute atomic E-state index is 0.135. The summed E-state index contributed by atoms with van der Waals surface area (Å²) in [5.41, 5.74) is 9.85. The predicted molar refractivity (Wildman–Crippen MR) is 59.5 cm³/mol. The fourth-order valence-corrected chi connectivity index (χ4v) is 2.12. The third-order valence-corrected chi connectivity index (χ3v) is 2.91. The molecule has 13 heavy (non-hydrogen) atoms. The number of hydrogen-bond acceptors (Lipinski definition) is 1. The molecule has 1 unspecified atom stereocenters. The Labute approximate surface area is 86.8 Å². The first-order valence-electron chi connectivity index (χ1n) is 4.43. The molecular weight excluding hydrogens is 226 g/mol. The maximum absolute atomic E-state index is 5.88. The molecule has 0 aliphatic heterocycles. The van der Waals surface area contributed by atoms with Crippen LogP contribution in [0.3, 0.4) is 0 Å². The van der Waals surface area contributed by atoms with E-state index in [0.717, 1.165) is 10.9 Å². The average molecular weight is 238 g/mol. The fraction of sp³-hybridized carbons (Fsp3) is 0.273. The van der Waals surface area contributed by atoms with Gasteiger partial charge in [0.1, 0.15) is 0 Å². The molecule has 1 aromatic carbocycles. The van der Waals surface area contributed by atoms with Crippen LogP contribution in [0.25, 0.3) is 5.57 Å². The highest BCUT2D eigenvalue weighted by Gasteiger charge is 2.16. The van der Waals surface area contributed by atoms with Gasteiger partial charge >= 0.3 is 0 Å². The molecule has 0 spiro atoms. The number of hydrogen-bond donors (Lipinski definition) is 1. The summed E-state index contributed by atoms with van der Waals surface area (Å²) in [4.78, 5) is 0. The van der Waals surface area contributed by atoms with Gasteiger partial charge in [0.05, 0.1) is 0 Å². The molecule has 0 bridgehead atoms. The first kappa shape index (κ1) is 8.97. The summed E-state index contributed by atoms with van der Waals surface area (Å²) in [6.07, 6.45) is 3.25. The second-order valence-corrected chi connectivity index (χ2v) is 4.37. The third-order valence-electron chi connectivity index (χ3n) is 2.42. The third kappa shape index (κ3) is 1.56. The summed E-state index contributed by atoms with van der Waals surface area (Å²) in [5, 5.41) is 0. The summed E-state index contributed by atoms with van der Waals surface area (Å²) in [5.74, 6) is 0. The lowest BCUT2D eigenvalue weighted by atomic mass is 10.0. The second-order valence-electron chi connectivity index (χ2n) is 3.45. The van der Waals surface area contributed by atoms with Gasteiger partial charge in [-0.1, -0.05) is 28.1 Å². The zero-order valence-corrected chi connectivity index (χ0v) is 9.14. The van der Waals surface area contributed by atoms with Gasteiger partial charge in [0.15, 0.2) is 0 Å². The minimum atomic E-state index is 0.135. The summed E-state index contributed by atoms with van der Waals surface area (Å²) >= 11 is 3.47. The fourth-order valence-electron chi connectivity index (χ4n) is 1.76. The molecular formula is C11H12BrN. The molecule has 1 aliphatic rings. The normalized spacial score (nSPS) is 16.7. The van der Waals surface area contributed by atoms with Gasteiger partial charge in [-0.05, 0) is 42.2 Å². The van der Waals surface area contributed by atoms with Gasteiger partial charge in [0, 0.05) is 10.5 Å². The van der Waals surface area contributed by atoms with Crippen LogP contribution in [-0.2, 0) is 6.42 Å². The Morgan fingerprint density at radius 3 is 2.92 bits per heavy atom. The standard InChI is InChI=1S/C11H12BrN/c1-7(13)10-5-3-8-2-4-9(12)6-11(8)10/h2,4-7H,3,13H2,1H3. The zero-order chi connectivity index (χ0) is 9.42. The largest absolute Gasteiger partial charge is 0.324 e. The maximum Gasteiger partial charge on any atom is 0.0269 e. The molecule has 2 N–H and O–H groups in total. The van der Waals surface area contributed by atoms with E-state index in [9.17, 15) is 0 Å². The van der Waals surface area contributed by atoms with Crippen molar-refractivity contribution in [2.24, 2.45) is 5.73 Å². The highest BCUT2D eigenvalue weighted by molar-refractivity contribution is 9.10. The van der Waals surface area contributed by atoms with E-state index in [0.29, 0.717) is 0 Å². The molecule has 0 saturated carbocycles. The Morgan fingerprint density at radius 1 is 1.46 bits per heavy atom.